The van der Waals surface area contributed by atoms with Crippen LogP contribution in [-0.4, -0.2) is 0 Å². The summed E-state index contributed by atoms with van der Waals surface area (Å²) >= 11 is 0. The molecule has 0 heterocycles. The molecule has 0 aliphatic heterocycles. The highest BCUT2D eigenvalue weighted by Gasteiger charge is 2.63. The summed E-state index contributed by atoms with van der Waals surface area (Å²) in [5, 5.41) is 0. The zero-order chi connectivity index (χ0) is 57.9. The van der Waals surface area contributed by atoms with Crippen LogP contribution in [0.2, 0.25) is 0 Å². The topological polar surface area (TPSA) is 0 Å². The molecule has 41 atom stereocenters. The molecule has 41 unspecified atom stereocenters. The molecule has 73 heteroatoms. The molecular weight excluding hydrogens is 2260 g/mol. The van der Waals surface area contributed by atoms with E-state index in [0.717, 1.165) is 7.96 Å². The van der Waals surface area contributed by atoms with Crippen molar-refractivity contribution in [3.63, 3.8) is 0 Å². The minimum Gasteiger partial charge on any atom is -0.102 e. The van der Waals surface area contributed by atoms with Gasteiger partial charge in [0.2, 0.25) is 0 Å². The summed E-state index contributed by atoms with van der Waals surface area (Å²) < 4.78 is 0. The molecule has 0 aromatic heterocycles. The first-order valence-electron chi connectivity index (χ1n) is 16.5. The molecule has 73 heavy (non-hydrogen) atoms. The molecule has 0 N–H and O–H groups in total. The summed E-state index contributed by atoms with van der Waals surface area (Å²) in [5.41, 5.74) is 0. The van der Waals surface area contributed by atoms with Gasteiger partial charge in [0, 0.05) is 0 Å². The number of hydrogen-bond donors (Lipinski definition) is 0. The van der Waals surface area contributed by atoms with Crippen molar-refractivity contribution >= 4 is 583 Å². The third-order valence-electron chi connectivity index (χ3n) is 6.39. The molecule has 0 fully saturated rings. The van der Waals surface area contributed by atoms with Gasteiger partial charge in [0.05, 0.1) is 0 Å². The van der Waals surface area contributed by atoms with Crippen molar-refractivity contribution in [2.45, 2.75) is 0 Å². The van der Waals surface area contributed by atoms with Gasteiger partial charge in [-0.05, 0) is 245 Å². The van der Waals surface area contributed by atoms with Gasteiger partial charge >= 0.3 is 0 Å². The quantitative estimate of drug-likeness (QED) is 0.0555. The summed E-state index contributed by atoms with van der Waals surface area (Å²) in [4.78, 5) is 0. The van der Waals surface area contributed by atoms with Gasteiger partial charge in [-0.1, -0.05) is 25.8 Å². The van der Waals surface area contributed by atoms with E-state index in [2.05, 4.69) is 330 Å². The predicted octanol–water partition coefficient (Wildman–Crippen LogP) is 43.3. The Balaban J connectivity index is 12.0. The van der Waals surface area contributed by atoms with Crippen LogP contribution < -0.4 is 0 Å². The molecule has 0 saturated carbocycles. The van der Waals surface area contributed by atoms with Gasteiger partial charge in [-0.25, -0.2) is 0 Å². The number of hydrogen-bond acceptors (Lipinski definition) is 0. The van der Waals surface area contributed by atoms with Crippen molar-refractivity contribution in [1.29, 1.82) is 0 Å². The summed E-state index contributed by atoms with van der Waals surface area (Å²) in [7, 11) is 137. The standard InChI is InChI=1S/H73P73/c1-38-57(39(2)3)66(56(36)37)71(67(58(40(4)5)41(6)7)59(42(8)9)43(10)11)73(70(64(52(28)29)53(30)31)65(54(32)33)55(34)35)72(68(60(44(12)13)45(14)15)61(46(16)17)47(18)19)69(62(48(20)21)49(22)23)63(50(24)25)51(26)27/h1-2,38H,3-37H2. The average molecular weight is 2330 g/mol. The highest BCUT2D eigenvalue weighted by molar-refractivity contribution is 9.57. The van der Waals surface area contributed by atoms with Crippen molar-refractivity contribution in [1.82, 2.24) is 0 Å². The van der Waals surface area contributed by atoms with E-state index in [1.165, 1.54) is 0 Å². The Morgan fingerprint density at radius 1 is 0.164 bits per heavy atom. The van der Waals surface area contributed by atoms with Crippen LogP contribution in [-0.2, 0) is 0 Å². The molecule has 2 radical (unpaired) electrons. The van der Waals surface area contributed by atoms with Crippen molar-refractivity contribution in [2.24, 2.45) is 0 Å². The third kappa shape index (κ3) is 37.0. The molecule has 0 aromatic rings. The van der Waals surface area contributed by atoms with Crippen molar-refractivity contribution in [3.8, 4) is 0 Å². The van der Waals surface area contributed by atoms with Crippen LogP contribution in [0.15, 0.2) is 0 Å². The van der Waals surface area contributed by atoms with E-state index in [1.807, 2.05) is 0 Å². The summed E-state index contributed by atoms with van der Waals surface area (Å²) in [6, 6.07) is 0. The SMILES string of the molecule is [PH]PP(P([PH])P)P(P(P)P)P(P(P(P(P)P)P(P)P)P(P(P)P)P(P)P)P(P(P(P(P)P)P(P)P)P(P(P)P)P(P)P)P(P(P(P(P)P)P(P)P)P(P(P)P)P(P)P)P(P(P(P)P)P(P)P)P(P(P)P)P(P)P. The van der Waals surface area contributed by atoms with Crippen LogP contribution in [0.1, 0.15) is 0 Å². The van der Waals surface area contributed by atoms with Gasteiger partial charge in [0.25, 0.3) is 0 Å². The largest absolute Gasteiger partial charge is 0.102 e. The van der Waals surface area contributed by atoms with Crippen LogP contribution in [0.25, 0.3) is 0 Å². The van der Waals surface area contributed by atoms with Gasteiger partial charge < -0.3 is 0 Å². The van der Waals surface area contributed by atoms with E-state index >= 15 is 0 Å². The van der Waals surface area contributed by atoms with Gasteiger partial charge in [-0.2, -0.15) is 0 Å². The first kappa shape index (κ1) is 104. The zero-order valence-corrected chi connectivity index (χ0v) is 112. The lowest BCUT2D eigenvalue weighted by Crippen LogP contribution is -1.74. The summed E-state index contributed by atoms with van der Waals surface area (Å²) in [6.07, 6.45) is 0. The molecule has 0 aliphatic carbocycles. The molecule has 0 nitrogen and oxygen atoms in total. The van der Waals surface area contributed by atoms with Crippen LogP contribution in [0, 0.1) is 0 Å². The van der Waals surface area contributed by atoms with Crippen molar-refractivity contribution in [2.75, 3.05) is 0 Å². The normalized spacial score (nSPS) is 16.3. The third-order valence-corrected chi connectivity index (χ3v) is 517. The van der Waals surface area contributed by atoms with E-state index in [1.54, 1.807) is 0 Å². The zero-order valence-electron chi connectivity index (χ0n) is 37.4. The Morgan fingerprint density at radius 2 is 0.260 bits per heavy atom. The van der Waals surface area contributed by atoms with Gasteiger partial charge in [0.15, 0.2) is 0 Å². The summed E-state index contributed by atoms with van der Waals surface area (Å²) in [6.45, 7) is -11.2. The first-order valence-corrected chi connectivity index (χ1v) is 149. The van der Waals surface area contributed by atoms with E-state index in [-0.39, 0.29) is 224 Å². The lowest BCUT2D eigenvalue weighted by molar-refractivity contribution is 4.32. The Kier molecular flexibility index (Phi) is 82.1. The Bertz CT molecular complexity index is 1200. The second-order valence-corrected chi connectivity index (χ2v) is 310. The Hall–Kier alpha value is 31.4. The minimum absolute atomic E-state index is 0.267. The number of rotatable bonds is 35. The minimum atomic E-state index is -0.411. The lowest BCUT2D eigenvalue weighted by atomic mass is 28.4. The van der Waals surface area contributed by atoms with Crippen LogP contribution >= 0.6 is 583 Å². The Labute approximate surface area is 573 Å². The lowest BCUT2D eigenvalue weighted by Gasteiger charge is -2.62. The maximum Gasteiger partial charge on any atom is -0.00000712 e. The van der Waals surface area contributed by atoms with Gasteiger partial charge in [-0.3, -0.25) is 0 Å². The summed E-state index contributed by atoms with van der Waals surface area (Å²) in [5.74, 6) is 0. The van der Waals surface area contributed by atoms with E-state index in [4.69, 9.17) is 0 Å². The molecule has 0 amide bonds. The second-order valence-electron chi connectivity index (χ2n) is 11.5. The van der Waals surface area contributed by atoms with Gasteiger partial charge in [0.1, 0.15) is 0 Å². The molecule has 438 valence electrons. The maximum absolute atomic E-state index is 4.69. The molecule has 0 bridgehead atoms. The molecule has 0 aromatic carbocycles. The highest BCUT2D eigenvalue weighted by Crippen LogP contribution is 3.51. The molecule has 0 spiro atoms. The predicted molar refractivity (Wildman–Crippen MR) is 607 cm³/mol. The average Bonchev–Trinajstić information content (AvgIpc) is 3.17. The van der Waals surface area contributed by atoms with E-state index in [0.29, 0.717) is 0 Å². The molecule has 0 saturated heterocycles. The van der Waals surface area contributed by atoms with Crippen LogP contribution in [0.5, 0.6) is 0 Å². The fraction of sp³-hybridized carbons (Fsp3) is 0. The maximum atomic E-state index is 4.69. The van der Waals surface area contributed by atoms with E-state index < -0.39 is 21.0 Å². The highest BCUT2D eigenvalue weighted by atomic mass is 33.6. The molecule has 0 aliphatic rings. The van der Waals surface area contributed by atoms with Crippen molar-refractivity contribution < 1.29 is 0 Å². The smallest absolute Gasteiger partial charge is 0.00000712 e. The fourth-order valence-corrected chi connectivity index (χ4v) is 1070. The van der Waals surface area contributed by atoms with Gasteiger partial charge in [-0.15, -0.1) is 312 Å². The van der Waals surface area contributed by atoms with Crippen molar-refractivity contribution in [3.05, 3.63) is 0 Å². The molecule has 0 rings (SSSR count). The first-order chi connectivity index (χ1) is 33.2. The molecular formula is H73P73. The van der Waals surface area contributed by atoms with Crippen LogP contribution in [0.4, 0.5) is 0 Å². The second kappa shape index (κ2) is 57.4. The fourth-order valence-electron chi connectivity index (χ4n) is 4.39. The van der Waals surface area contributed by atoms with E-state index in [9.17, 15) is 0 Å². The van der Waals surface area contributed by atoms with Crippen LogP contribution in [0.3, 0.4) is 0 Å². The Morgan fingerprint density at radius 3 is 0.342 bits per heavy atom. The monoisotopic (exact) mass is 2330 g/mol.